The molecule has 9 nitrogen and oxygen atoms in total. The Morgan fingerprint density at radius 1 is 1.11 bits per heavy atom. The third-order valence-corrected chi connectivity index (χ3v) is 6.97. The SMILES string of the molecule is Cn1cc(C(=O)N2CCCC2(C)C(=O)O)c(NC(=O)OCC2c3ccccc3-c3ccccc32)n1. The summed E-state index contributed by atoms with van der Waals surface area (Å²) in [6, 6.07) is 16.1. The van der Waals surface area contributed by atoms with Crippen LogP contribution in [0.1, 0.15) is 47.2 Å². The largest absolute Gasteiger partial charge is 0.480 e. The van der Waals surface area contributed by atoms with Gasteiger partial charge in [0.25, 0.3) is 5.91 Å². The van der Waals surface area contributed by atoms with Crippen LogP contribution in [-0.4, -0.2) is 56.4 Å². The molecule has 0 saturated carbocycles. The molecular formula is C26H26N4O5. The highest BCUT2D eigenvalue weighted by Gasteiger charge is 2.47. The fourth-order valence-corrected chi connectivity index (χ4v) is 5.13. The third kappa shape index (κ3) is 3.82. The molecule has 2 amide bonds. The lowest BCUT2D eigenvalue weighted by Crippen LogP contribution is -2.50. The minimum Gasteiger partial charge on any atom is -0.480 e. The number of rotatable bonds is 5. The second-order valence-corrected chi connectivity index (χ2v) is 9.15. The first-order chi connectivity index (χ1) is 16.8. The fraction of sp³-hybridized carbons (Fsp3) is 0.308. The second-order valence-electron chi connectivity index (χ2n) is 9.15. The van der Waals surface area contributed by atoms with E-state index < -0.39 is 23.5 Å². The maximum absolute atomic E-state index is 13.2. The standard InChI is InChI=1S/C26H26N4O5/c1-26(24(32)33)12-7-13-30(26)23(31)20-14-29(2)28-22(20)27-25(34)35-15-21-18-10-5-3-8-16(18)17-9-4-6-11-19(17)21/h3-6,8-11,14,21H,7,12-13,15H2,1-2H3,(H,32,33)(H,27,28,34). The van der Waals surface area contributed by atoms with Crippen LogP contribution in [0.2, 0.25) is 0 Å². The molecule has 1 saturated heterocycles. The Morgan fingerprint density at radius 3 is 2.37 bits per heavy atom. The topological polar surface area (TPSA) is 114 Å². The summed E-state index contributed by atoms with van der Waals surface area (Å²) < 4.78 is 6.98. The van der Waals surface area contributed by atoms with Gasteiger partial charge in [-0.15, -0.1) is 0 Å². The van der Waals surface area contributed by atoms with Gasteiger partial charge in [0.2, 0.25) is 0 Å². The predicted octanol–water partition coefficient (Wildman–Crippen LogP) is 3.86. The zero-order valence-electron chi connectivity index (χ0n) is 19.5. The third-order valence-electron chi connectivity index (χ3n) is 6.97. The number of aliphatic carboxylic acids is 1. The van der Waals surface area contributed by atoms with Crippen molar-refractivity contribution in [3.63, 3.8) is 0 Å². The quantitative estimate of drug-likeness (QED) is 0.581. The van der Waals surface area contributed by atoms with Gasteiger partial charge < -0.3 is 14.7 Å². The number of nitrogens with one attached hydrogen (secondary N) is 1. The van der Waals surface area contributed by atoms with E-state index in [-0.39, 0.29) is 23.9 Å². The number of hydrogen-bond donors (Lipinski definition) is 2. The second kappa shape index (κ2) is 8.57. The molecule has 2 aromatic carbocycles. The number of amides is 2. The summed E-state index contributed by atoms with van der Waals surface area (Å²) in [4.78, 5) is 39.1. The van der Waals surface area contributed by atoms with Crippen molar-refractivity contribution in [1.29, 1.82) is 0 Å². The first kappa shape index (κ1) is 22.6. The summed E-state index contributed by atoms with van der Waals surface area (Å²) in [5, 5.41) is 16.4. The molecule has 2 aliphatic rings. The van der Waals surface area contributed by atoms with E-state index in [2.05, 4.69) is 22.5 Å². The first-order valence-electron chi connectivity index (χ1n) is 11.5. The molecule has 1 aliphatic heterocycles. The highest BCUT2D eigenvalue weighted by Crippen LogP contribution is 2.44. The van der Waals surface area contributed by atoms with Crippen molar-refractivity contribution in [3.8, 4) is 11.1 Å². The van der Waals surface area contributed by atoms with E-state index in [1.807, 2.05) is 36.4 Å². The van der Waals surface area contributed by atoms with Crippen LogP contribution in [0.5, 0.6) is 0 Å². The number of anilines is 1. The highest BCUT2D eigenvalue weighted by molar-refractivity contribution is 6.03. The average Bonchev–Trinajstić information content (AvgIpc) is 3.51. The minimum absolute atomic E-state index is 0.0364. The number of carboxylic acid groups (broad SMARTS) is 1. The van der Waals surface area contributed by atoms with Crippen molar-refractivity contribution in [2.45, 2.75) is 31.2 Å². The Hall–Kier alpha value is -4.14. The Balaban J connectivity index is 1.32. The zero-order chi connectivity index (χ0) is 24.7. The molecular weight excluding hydrogens is 448 g/mol. The predicted molar refractivity (Wildman–Crippen MR) is 128 cm³/mol. The number of likely N-dealkylation sites (tertiary alicyclic amines) is 1. The van der Waals surface area contributed by atoms with E-state index in [0.717, 1.165) is 22.3 Å². The number of hydrogen-bond acceptors (Lipinski definition) is 5. The van der Waals surface area contributed by atoms with Crippen LogP contribution < -0.4 is 5.32 Å². The van der Waals surface area contributed by atoms with Gasteiger partial charge in [-0.05, 0) is 42.0 Å². The molecule has 1 atom stereocenters. The molecule has 5 rings (SSSR count). The van der Waals surface area contributed by atoms with Crippen molar-refractivity contribution >= 4 is 23.8 Å². The fourth-order valence-electron chi connectivity index (χ4n) is 5.13. The van der Waals surface area contributed by atoms with Crippen molar-refractivity contribution in [3.05, 3.63) is 71.4 Å². The molecule has 0 bridgehead atoms. The summed E-state index contributed by atoms with van der Waals surface area (Å²) in [5.41, 5.74) is 3.27. The van der Waals surface area contributed by atoms with Crippen LogP contribution in [0.3, 0.4) is 0 Å². The van der Waals surface area contributed by atoms with Gasteiger partial charge in [0, 0.05) is 25.7 Å². The van der Waals surface area contributed by atoms with E-state index in [1.165, 1.54) is 22.7 Å². The lowest BCUT2D eigenvalue weighted by Gasteiger charge is -2.31. The molecule has 1 fully saturated rings. The van der Waals surface area contributed by atoms with Gasteiger partial charge in [-0.1, -0.05) is 48.5 Å². The number of nitrogens with zero attached hydrogens (tertiary/aromatic N) is 3. The van der Waals surface area contributed by atoms with Crippen molar-refractivity contribution in [2.24, 2.45) is 7.05 Å². The average molecular weight is 475 g/mol. The maximum Gasteiger partial charge on any atom is 0.412 e. The Labute approximate surface area is 202 Å². The molecule has 1 unspecified atom stereocenters. The van der Waals surface area contributed by atoms with Crippen LogP contribution in [0.15, 0.2) is 54.7 Å². The molecule has 0 spiro atoms. The number of benzene rings is 2. The van der Waals surface area contributed by atoms with Crippen molar-refractivity contribution < 1.29 is 24.2 Å². The summed E-state index contributed by atoms with van der Waals surface area (Å²) >= 11 is 0. The lowest BCUT2D eigenvalue weighted by molar-refractivity contribution is -0.147. The molecule has 180 valence electrons. The Bertz CT molecular complexity index is 1290. The molecule has 2 heterocycles. The van der Waals surface area contributed by atoms with Crippen LogP contribution in [0.4, 0.5) is 10.6 Å². The van der Waals surface area contributed by atoms with Gasteiger partial charge in [-0.2, -0.15) is 5.10 Å². The minimum atomic E-state index is -1.30. The number of fused-ring (bicyclic) bond motifs is 3. The number of aromatic nitrogens is 2. The number of carbonyl (C=O) groups is 3. The van der Waals surface area contributed by atoms with Crippen LogP contribution in [-0.2, 0) is 16.6 Å². The monoisotopic (exact) mass is 474 g/mol. The first-order valence-corrected chi connectivity index (χ1v) is 11.5. The van der Waals surface area contributed by atoms with E-state index in [0.29, 0.717) is 19.4 Å². The number of aryl methyl sites for hydroxylation is 1. The van der Waals surface area contributed by atoms with Crippen molar-refractivity contribution in [1.82, 2.24) is 14.7 Å². The number of ether oxygens (including phenoxy) is 1. The number of carboxylic acids is 1. The van der Waals surface area contributed by atoms with Gasteiger partial charge in [0.15, 0.2) is 5.82 Å². The molecule has 0 radical (unpaired) electrons. The van der Waals surface area contributed by atoms with E-state index in [4.69, 9.17) is 4.74 Å². The van der Waals surface area contributed by atoms with Crippen LogP contribution >= 0.6 is 0 Å². The molecule has 35 heavy (non-hydrogen) atoms. The van der Waals surface area contributed by atoms with Crippen LogP contribution in [0.25, 0.3) is 11.1 Å². The zero-order valence-corrected chi connectivity index (χ0v) is 19.5. The van der Waals surface area contributed by atoms with E-state index in [9.17, 15) is 19.5 Å². The molecule has 9 heteroatoms. The summed E-state index contributed by atoms with van der Waals surface area (Å²) in [6.45, 7) is 1.98. The Kier molecular flexibility index (Phi) is 5.55. The van der Waals surface area contributed by atoms with Gasteiger partial charge in [0.05, 0.1) is 0 Å². The highest BCUT2D eigenvalue weighted by atomic mass is 16.5. The molecule has 1 aliphatic carbocycles. The smallest absolute Gasteiger partial charge is 0.412 e. The van der Waals surface area contributed by atoms with E-state index >= 15 is 0 Å². The van der Waals surface area contributed by atoms with Crippen LogP contribution in [0, 0.1) is 0 Å². The van der Waals surface area contributed by atoms with Gasteiger partial charge in [0.1, 0.15) is 17.7 Å². The maximum atomic E-state index is 13.2. The summed E-state index contributed by atoms with van der Waals surface area (Å²) in [7, 11) is 1.63. The van der Waals surface area contributed by atoms with Gasteiger partial charge in [-0.3, -0.25) is 14.8 Å². The van der Waals surface area contributed by atoms with Gasteiger partial charge in [-0.25, -0.2) is 9.59 Å². The molecule has 2 N–H and O–H groups in total. The lowest BCUT2D eigenvalue weighted by atomic mass is 9.98. The Morgan fingerprint density at radius 2 is 1.74 bits per heavy atom. The molecule has 1 aromatic heterocycles. The summed E-state index contributed by atoms with van der Waals surface area (Å²) in [6.07, 6.45) is 1.69. The normalized spacial score (nSPS) is 18.7. The molecule has 3 aromatic rings. The van der Waals surface area contributed by atoms with E-state index in [1.54, 1.807) is 7.05 Å². The van der Waals surface area contributed by atoms with Gasteiger partial charge >= 0.3 is 12.1 Å². The summed E-state index contributed by atoms with van der Waals surface area (Å²) in [5.74, 6) is -1.61. The number of carbonyl (C=O) groups excluding carboxylic acids is 2. The van der Waals surface area contributed by atoms with Crippen molar-refractivity contribution in [2.75, 3.05) is 18.5 Å².